The highest BCUT2D eigenvalue weighted by Crippen LogP contribution is 2.26. The largest absolute Gasteiger partial charge is 0.351 e. The summed E-state index contributed by atoms with van der Waals surface area (Å²) in [6.07, 6.45) is 1.18. The summed E-state index contributed by atoms with van der Waals surface area (Å²) in [4.78, 5) is 23.5. The number of nitrogens with zero attached hydrogens (tertiary/aromatic N) is 1. The van der Waals surface area contributed by atoms with Crippen molar-refractivity contribution in [3.8, 4) is 0 Å². The molecule has 84 valence electrons. The molecule has 5 heteroatoms. The van der Waals surface area contributed by atoms with Crippen LogP contribution in [0.5, 0.6) is 0 Å². The third-order valence-electron chi connectivity index (χ3n) is 2.70. The van der Waals surface area contributed by atoms with Crippen LogP contribution in [0.15, 0.2) is 18.2 Å². The van der Waals surface area contributed by atoms with E-state index >= 15 is 0 Å². The standard InChI is InChI=1S/C11H13N3O2/c1-14(11(12)16)8-3-4-9-7(6-8)2-5-10(15)13-9/h3-4,6H,2,5H2,1H3,(H2,12,16)(H,13,15). The average molecular weight is 219 g/mol. The number of hydrogen-bond acceptors (Lipinski definition) is 2. The van der Waals surface area contributed by atoms with E-state index in [9.17, 15) is 9.59 Å². The predicted octanol–water partition coefficient (Wildman–Crippen LogP) is 1.09. The third kappa shape index (κ3) is 1.84. The maximum Gasteiger partial charge on any atom is 0.318 e. The molecule has 0 radical (unpaired) electrons. The molecule has 0 aromatic heterocycles. The average Bonchev–Trinajstić information content (AvgIpc) is 2.27. The zero-order valence-electron chi connectivity index (χ0n) is 8.99. The first-order valence-electron chi connectivity index (χ1n) is 5.04. The van der Waals surface area contributed by atoms with Gasteiger partial charge in [-0.2, -0.15) is 0 Å². The highest BCUT2D eigenvalue weighted by atomic mass is 16.2. The van der Waals surface area contributed by atoms with Crippen LogP contribution in [0.2, 0.25) is 0 Å². The summed E-state index contributed by atoms with van der Waals surface area (Å²) in [5.41, 5.74) is 7.77. The van der Waals surface area contributed by atoms with Gasteiger partial charge in [0.25, 0.3) is 0 Å². The van der Waals surface area contributed by atoms with Gasteiger partial charge in [0.05, 0.1) is 0 Å². The normalized spacial score (nSPS) is 13.9. The molecule has 3 amide bonds. The summed E-state index contributed by atoms with van der Waals surface area (Å²) in [6.45, 7) is 0. The van der Waals surface area contributed by atoms with E-state index in [1.807, 2.05) is 6.07 Å². The first kappa shape index (κ1) is 10.5. The molecule has 2 rings (SSSR count). The highest BCUT2D eigenvalue weighted by Gasteiger charge is 2.16. The van der Waals surface area contributed by atoms with Crippen LogP contribution in [0.1, 0.15) is 12.0 Å². The molecule has 1 aromatic rings. The first-order chi connectivity index (χ1) is 7.58. The summed E-state index contributed by atoms with van der Waals surface area (Å²) in [6, 6.07) is 4.93. The van der Waals surface area contributed by atoms with Crippen molar-refractivity contribution in [1.82, 2.24) is 0 Å². The van der Waals surface area contributed by atoms with Gasteiger partial charge in [-0.1, -0.05) is 0 Å². The Morgan fingerprint density at radius 3 is 2.88 bits per heavy atom. The molecular weight excluding hydrogens is 206 g/mol. The van der Waals surface area contributed by atoms with Crippen LogP contribution in [0.3, 0.4) is 0 Å². The molecule has 5 nitrogen and oxygen atoms in total. The van der Waals surface area contributed by atoms with Crippen molar-refractivity contribution < 1.29 is 9.59 Å². The van der Waals surface area contributed by atoms with Crippen molar-refractivity contribution >= 4 is 23.3 Å². The molecule has 0 bridgehead atoms. The van der Waals surface area contributed by atoms with Crippen LogP contribution in [0.25, 0.3) is 0 Å². The summed E-state index contributed by atoms with van der Waals surface area (Å²) in [5, 5.41) is 2.78. The minimum atomic E-state index is -0.500. The molecule has 0 saturated heterocycles. The van der Waals surface area contributed by atoms with E-state index in [1.165, 1.54) is 4.90 Å². The summed E-state index contributed by atoms with van der Waals surface area (Å²) in [5.74, 6) is 0.0310. The Bertz CT molecular complexity index is 457. The molecule has 1 heterocycles. The number of nitrogens with two attached hydrogens (primary N) is 1. The number of primary amides is 1. The van der Waals surface area contributed by atoms with Gasteiger partial charge < -0.3 is 11.1 Å². The van der Waals surface area contributed by atoms with Gasteiger partial charge in [-0.15, -0.1) is 0 Å². The molecular formula is C11H13N3O2. The Labute approximate surface area is 93.2 Å². The Kier molecular flexibility index (Phi) is 2.52. The number of anilines is 2. The number of benzene rings is 1. The number of hydrogen-bond donors (Lipinski definition) is 2. The van der Waals surface area contributed by atoms with Crippen molar-refractivity contribution in [3.63, 3.8) is 0 Å². The number of rotatable bonds is 1. The lowest BCUT2D eigenvalue weighted by Gasteiger charge is -2.20. The van der Waals surface area contributed by atoms with Gasteiger partial charge in [0, 0.05) is 24.8 Å². The number of nitrogens with one attached hydrogen (secondary N) is 1. The van der Waals surface area contributed by atoms with Crippen molar-refractivity contribution in [1.29, 1.82) is 0 Å². The molecule has 16 heavy (non-hydrogen) atoms. The van der Waals surface area contributed by atoms with E-state index < -0.39 is 6.03 Å². The van der Waals surface area contributed by atoms with Gasteiger partial charge in [-0.25, -0.2) is 4.79 Å². The van der Waals surface area contributed by atoms with Crippen LogP contribution in [-0.4, -0.2) is 19.0 Å². The predicted molar refractivity (Wildman–Crippen MR) is 61.4 cm³/mol. The lowest BCUT2D eigenvalue weighted by Crippen LogP contribution is -2.32. The Balaban J connectivity index is 2.33. The Morgan fingerprint density at radius 1 is 1.44 bits per heavy atom. The Hall–Kier alpha value is -2.04. The number of fused-ring (bicyclic) bond motifs is 1. The van der Waals surface area contributed by atoms with Gasteiger partial charge in [0.2, 0.25) is 5.91 Å². The number of amides is 3. The number of urea groups is 1. The zero-order chi connectivity index (χ0) is 11.7. The van der Waals surface area contributed by atoms with E-state index in [0.29, 0.717) is 12.8 Å². The first-order valence-corrected chi connectivity index (χ1v) is 5.04. The van der Waals surface area contributed by atoms with Crippen LogP contribution < -0.4 is 16.0 Å². The molecule has 1 aliphatic heterocycles. The molecule has 0 fully saturated rings. The minimum Gasteiger partial charge on any atom is -0.351 e. The molecule has 3 N–H and O–H groups in total. The van der Waals surface area contributed by atoms with E-state index in [2.05, 4.69) is 5.32 Å². The maximum atomic E-state index is 11.2. The smallest absolute Gasteiger partial charge is 0.318 e. The van der Waals surface area contributed by atoms with Crippen molar-refractivity contribution in [2.75, 3.05) is 17.3 Å². The fourth-order valence-corrected chi connectivity index (χ4v) is 1.71. The molecule has 0 spiro atoms. The fraction of sp³-hybridized carbons (Fsp3) is 0.273. The van der Waals surface area contributed by atoms with Gasteiger partial charge in [-0.3, -0.25) is 9.69 Å². The monoisotopic (exact) mass is 219 g/mol. The van der Waals surface area contributed by atoms with E-state index in [4.69, 9.17) is 5.73 Å². The van der Waals surface area contributed by atoms with Gasteiger partial charge in [0.15, 0.2) is 0 Å². The van der Waals surface area contributed by atoms with Crippen LogP contribution >= 0.6 is 0 Å². The number of aryl methyl sites for hydroxylation is 1. The maximum absolute atomic E-state index is 11.2. The minimum absolute atomic E-state index is 0.0310. The van der Waals surface area contributed by atoms with Crippen LogP contribution in [0, 0.1) is 0 Å². The molecule has 1 aromatic carbocycles. The number of carbonyl (C=O) groups excluding carboxylic acids is 2. The van der Waals surface area contributed by atoms with Gasteiger partial charge in [0.1, 0.15) is 0 Å². The van der Waals surface area contributed by atoms with Crippen molar-refractivity contribution in [2.24, 2.45) is 5.73 Å². The van der Waals surface area contributed by atoms with E-state index in [-0.39, 0.29) is 5.91 Å². The van der Waals surface area contributed by atoms with Crippen LogP contribution in [-0.2, 0) is 11.2 Å². The molecule has 0 saturated carbocycles. The lowest BCUT2D eigenvalue weighted by atomic mass is 10.0. The molecule has 0 atom stereocenters. The molecule has 0 unspecified atom stereocenters. The lowest BCUT2D eigenvalue weighted by molar-refractivity contribution is -0.116. The fourth-order valence-electron chi connectivity index (χ4n) is 1.71. The molecule has 0 aliphatic carbocycles. The highest BCUT2D eigenvalue weighted by molar-refractivity contribution is 5.95. The summed E-state index contributed by atoms with van der Waals surface area (Å²) >= 11 is 0. The van der Waals surface area contributed by atoms with Crippen molar-refractivity contribution in [3.05, 3.63) is 23.8 Å². The van der Waals surface area contributed by atoms with E-state index in [0.717, 1.165) is 16.9 Å². The summed E-state index contributed by atoms with van der Waals surface area (Å²) in [7, 11) is 1.62. The second-order valence-corrected chi connectivity index (χ2v) is 3.79. The van der Waals surface area contributed by atoms with Gasteiger partial charge >= 0.3 is 6.03 Å². The van der Waals surface area contributed by atoms with Gasteiger partial charge in [-0.05, 0) is 30.2 Å². The zero-order valence-corrected chi connectivity index (χ0v) is 8.99. The number of carbonyl (C=O) groups is 2. The third-order valence-corrected chi connectivity index (χ3v) is 2.70. The summed E-state index contributed by atoms with van der Waals surface area (Å²) < 4.78 is 0. The molecule has 1 aliphatic rings. The quantitative estimate of drug-likeness (QED) is 0.741. The van der Waals surface area contributed by atoms with Crippen LogP contribution in [0.4, 0.5) is 16.2 Å². The second kappa shape index (κ2) is 3.84. The SMILES string of the molecule is CN(C(N)=O)c1ccc2c(c1)CCC(=O)N2. The van der Waals surface area contributed by atoms with Crippen molar-refractivity contribution in [2.45, 2.75) is 12.8 Å². The topological polar surface area (TPSA) is 75.4 Å². The Morgan fingerprint density at radius 2 is 2.19 bits per heavy atom. The van der Waals surface area contributed by atoms with E-state index in [1.54, 1.807) is 19.2 Å². The second-order valence-electron chi connectivity index (χ2n) is 3.79.